The number of carboxylic acid groups (broad SMARTS) is 1. The molecule has 1 aliphatic carbocycles. The van der Waals surface area contributed by atoms with Crippen LogP contribution < -0.4 is 9.46 Å². The zero-order valence-corrected chi connectivity index (χ0v) is 21.2. The summed E-state index contributed by atoms with van der Waals surface area (Å²) < 4.78 is 36.3. The fourth-order valence-corrected chi connectivity index (χ4v) is 5.87. The van der Waals surface area contributed by atoms with Crippen molar-refractivity contribution in [2.24, 2.45) is 0 Å². The number of nitrogens with zero attached hydrogens (tertiary/aromatic N) is 2. The highest BCUT2D eigenvalue weighted by molar-refractivity contribution is 7.89. The van der Waals surface area contributed by atoms with Crippen LogP contribution in [0.2, 0.25) is 5.02 Å². The van der Waals surface area contributed by atoms with E-state index in [1.54, 1.807) is 59.4 Å². The standard InChI is InChI=1S/C27H24ClN3O5S/c28-22-9-5-19(6-10-22)20-7-11-24(12-8-20)37(34,35)30-27(26(32)33)18-25(27)21-3-1-4-23(17-21)36-16-15-31-14-2-13-29-31/h1-14,17,25,30H,15-16,18H2,(H,32,33)/t25-,27+/m0/s1. The van der Waals surface area contributed by atoms with E-state index in [1.807, 2.05) is 24.4 Å². The third kappa shape index (κ3) is 5.39. The molecule has 0 aliphatic heterocycles. The Hall–Kier alpha value is -3.66. The average Bonchev–Trinajstić information content (AvgIpc) is 3.37. The van der Waals surface area contributed by atoms with Gasteiger partial charge in [-0.1, -0.05) is 48.0 Å². The Morgan fingerprint density at radius 3 is 2.43 bits per heavy atom. The fourth-order valence-electron chi connectivity index (χ4n) is 4.34. The van der Waals surface area contributed by atoms with Gasteiger partial charge >= 0.3 is 5.97 Å². The molecule has 1 heterocycles. The lowest BCUT2D eigenvalue weighted by molar-refractivity contribution is -0.140. The first-order chi connectivity index (χ1) is 17.8. The van der Waals surface area contributed by atoms with Gasteiger partial charge < -0.3 is 9.84 Å². The number of hydrogen-bond donors (Lipinski definition) is 2. The average molecular weight is 538 g/mol. The molecule has 1 aliphatic rings. The smallest absolute Gasteiger partial charge is 0.325 e. The molecule has 0 amide bonds. The Kier molecular flexibility index (Phi) is 6.76. The van der Waals surface area contributed by atoms with Gasteiger partial charge in [-0.2, -0.15) is 9.82 Å². The summed E-state index contributed by atoms with van der Waals surface area (Å²) in [5.41, 5.74) is 0.774. The summed E-state index contributed by atoms with van der Waals surface area (Å²) in [6, 6.07) is 22.4. The van der Waals surface area contributed by atoms with Crippen LogP contribution >= 0.6 is 11.6 Å². The molecule has 37 heavy (non-hydrogen) atoms. The van der Waals surface area contributed by atoms with Crippen molar-refractivity contribution in [2.45, 2.75) is 29.3 Å². The van der Waals surface area contributed by atoms with Crippen molar-refractivity contribution in [3.63, 3.8) is 0 Å². The van der Waals surface area contributed by atoms with Gasteiger partial charge in [0.1, 0.15) is 17.9 Å². The van der Waals surface area contributed by atoms with Crippen LogP contribution in [0.3, 0.4) is 0 Å². The number of carbonyl (C=O) groups is 1. The van der Waals surface area contributed by atoms with Gasteiger partial charge in [0.25, 0.3) is 0 Å². The highest BCUT2D eigenvalue weighted by Crippen LogP contribution is 2.53. The zero-order chi connectivity index (χ0) is 26.0. The highest BCUT2D eigenvalue weighted by atomic mass is 35.5. The number of carboxylic acids is 1. The number of ether oxygens (including phenoxy) is 1. The van der Waals surface area contributed by atoms with Crippen molar-refractivity contribution < 1.29 is 23.1 Å². The van der Waals surface area contributed by atoms with E-state index in [0.29, 0.717) is 29.5 Å². The molecule has 1 saturated carbocycles. The Labute approximate surface area is 219 Å². The first kappa shape index (κ1) is 25.0. The van der Waals surface area contributed by atoms with Crippen molar-refractivity contribution in [3.8, 4) is 16.9 Å². The van der Waals surface area contributed by atoms with Crippen molar-refractivity contribution in [3.05, 3.63) is 102 Å². The SMILES string of the molecule is O=C(O)[C@@]1(NS(=O)(=O)c2ccc(-c3ccc(Cl)cc3)cc2)C[C@H]1c1cccc(OCCn2cccn2)c1. The first-order valence-corrected chi connectivity index (χ1v) is 13.5. The van der Waals surface area contributed by atoms with Crippen LogP contribution in [0.25, 0.3) is 11.1 Å². The molecular formula is C27H24ClN3O5S. The molecule has 10 heteroatoms. The van der Waals surface area contributed by atoms with Crippen molar-refractivity contribution in [1.82, 2.24) is 14.5 Å². The maximum absolute atomic E-state index is 13.2. The quantitative estimate of drug-likeness (QED) is 0.306. The second-order valence-corrected chi connectivity index (χ2v) is 11.0. The van der Waals surface area contributed by atoms with E-state index in [4.69, 9.17) is 16.3 Å². The van der Waals surface area contributed by atoms with Crippen LogP contribution in [0.15, 0.2) is 96.2 Å². The molecule has 0 radical (unpaired) electrons. The second-order valence-electron chi connectivity index (χ2n) is 8.86. The van der Waals surface area contributed by atoms with Crippen LogP contribution in [0.4, 0.5) is 0 Å². The molecule has 0 bridgehead atoms. The number of nitrogens with one attached hydrogen (secondary N) is 1. The Morgan fingerprint density at radius 1 is 1.08 bits per heavy atom. The molecule has 1 aromatic heterocycles. The van der Waals surface area contributed by atoms with Crippen LogP contribution in [0, 0.1) is 0 Å². The molecule has 1 fully saturated rings. The number of aromatic nitrogens is 2. The molecule has 0 unspecified atom stereocenters. The van der Waals surface area contributed by atoms with Gasteiger partial charge in [0.15, 0.2) is 0 Å². The number of aliphatic carboxylic acids is 1. The molecule has 8 nitrogen and oxygen atoms in total. The minimum atomic E-state index is -4.09. The Morgan fingerprint density at radius 2 is 1.78 bits per heavy atom. The monoisotopic (exact) mass is 537 g/mol. The summed E-state index contributed by atoms with van der Waals surface area (Å²) in [5, 5.41) is 14.7. The Bertz CT molecular complexity index is 1510. The van der Waals surface area contributed by atoms with E-state index in [-0.39, 0.29) is 11.3 Å². The lowest BCUT2D eigenvalue weighted by atomic mass is 10.1. The van der Waals surface area contributed by atoms with Gasteiger partial charge in [0.2, 0.25) is 10.0 Å². The van der Waals surface area contributed by atoms with Gasteiger partial charge in [-0.25, -0.2) is 8.42 Å². The second kappa shape index (κ2) is 10.0. The topological polar surface area (TPSA) is 111 Å². The number of hydrogen-bond acceptors (Lipinski definition) is 5. The van der Waals surface area contributed by atoms with Gasteiger partial charge in [-0.3, -0.25) is 9.48 Å². The number of halogens is 1. The molecule has 0 saturated heterocycles. The van der Waals surface area contributed by atoms with E-state index in [0.717, 1.165) is 11.1 Å². The van der Waals surface area contributed by atoms with Crippen LogP contribution in [-0.4, -0.2) is 41.4 Å². The molecule has 5 rings (SSSR count). The largest absolute Gasteiger partial charge is 0.492 e. The molecular weight excluding hydrogens is 514 g/mol. The summed E-state index contributed by atoms with van der Waals surface area (Å²) in [6.07, 6.45) is 3.66. The van der Waals surface area contributed by atoms with E-state index >= 15 is 0 Å². The zero-order valence-electron chi connectivity index (χ0n) is 19.6. The number of sulfonamides is 1. The minimum absolute atomic E-state index is 0.00723. The molecule has 0 spiro atoms. The maximum Gasteiger partial charge on any atom is 0.325 e. The van der Waals surface area contributed by atoms with E-state index in [2.05, 4.69) is 9.82 Å². The third-order valence-corrected chi connectivity index (χ3v) is 8.19. The van der Waals surface area contributed by atoms with Gasteiger partial charge in [0.05, 0.1) is 11.4 Å². The minimum Gasteiger partial charge on any atom is -0.492 e. The third-order valence-electron chi connectivity index (χ3n) is 6.41. The molecule has 3 aromatic carbocycles. The molecule has 2 atom stereocenters. The summed E-state index contributed by atoms with van der Waals surface area (Å²) in [7, 11) is -4.09. The van der Waals surface area contributed by atoms with E-state index < -0.39 is 27.4 Å². The van der Waals surface area contributed by atoms with Crippen LogP contribution in [-0.2, 0) is 21.4 Å². The fraction of sp³-hybridized carbons (Fsp3) is 0.185. The molecule has 190 valence electrons. The van der Waals surface area contributed by atoms with Gasteiger partial charge in [-0.15, -0.1) is 0 Å². The van der Waals surface area contributed by atoms with Crippen LogP contribution in [0.5, 0.6) is 5.75 Å². The summed E-state index contributed by atoms with van der Waals surface area (Å²) in [5.74, 6) is -1.16. The summed E-state index contributed by atoms with van der Waals surface area (Å²) in [6.45, 7) is 0.953. The normalized spacial score (nSPS) is 18.9. The lowest BCUT2D eigenvalue weighted by Gasteiger charge is -2.16. The van der Waals surface area contributed by atoms with Crippen molar-refractivity contribution in [1.29, 1.82) is 0 Å². The van der Waals surface area contributed by atoms with Crippen LogP contribution in [0.1, 0.15) is 17.9 Å². The van der Waals surface area contributed by atoms with Gasteiger partial charge in [-0.05, 0) is 65.6 Å². The predicted octanol–water partition coefficient (Wildman–Crippen LogP) is 4.57. The van der Waals surface area contributed by atoms with E-state index in [9.17, 15) is 18.3 Å². The van der Waals surface area contributed by atoms with Gasteiger partial charge in [0, 0.05) is 23.3 Å². The summed E-state index contributed by atoms with van der Waals surface area (Å²) >= 11 is 5.94. The number of rotatable bonds is 10. The summed E-state index contributed by atoms with van der Waals surface area (Å²) in [4.78, 5) is 12.2. The molecule has 2 N–H and O–H groups in total. The Balaban J connectivity index is 1.29. The van der Waals surface area contributed by atoms with Crippen molar-refractivity contribution in [2.75, 3.05) is 6.61 Å². The first-order valence-electron chi connectivity index (χ1n) is 11.6. The molecule has 4 aromatic rings. The lowest BCUT2D eigenvalue weighted by Crippen LogP contribution is -2.44. The predicted molar refractivity (Wildman–Crippen MR) is 139 cm³/mol. The number of benzene rings is 3. The van der Waals surface area contributed by atoms with Crippen molar-refractivity contribution >= 4 is 27.6 Å². The highest BCUT2D eigenvalue weighted by Gasteiger charge is 2.63. The maximum atomic E-state index is 13.2. The van der Waals surface area contributed by atoms with E-state index in [1.165, 1.54) is 12.1 Å².